The smallest absolute Gasteiger partial charge is 0.311 e. The van der Waals surface area contributed by atoms with Gasteiger partial charge in [0.05, 0.1) is 0 Å². The summed E-state index contributed by atoms with van der Waals surface area (Å²) in [7, 11) is 3.06. The van der Waals surface area contributed by atoms with Crippen molar-refractivity contribution in [1.29, 1.82) is 0 Å². The largest absolute Gasteiger partial charge is 0.351 e. The van der Waals surface area contributed by atoms with Crippen molar-refractivity contribution in [1.82, 2.24) is 4.90 Å². The van der Waals surface area contributed by atoms with Gasteiger partial charge in [-0.1, -0.05) is 41.9 Å². The fraction of sp³-hybridized carbons (Fsp3) is 0.385. The summed E-state index contributed by atoms with van der Waals surface area (Å²) in [6.07, 6.45) is 1.69. The zero-order valence-corrected chi connectivity index (χ0v) is 13.2. The highest BCUT2D eigenvalue weighted by Gasteiger charge is 2.34. The molecule has 0 fully saturated rings. The molecular formula is C13H19ClNO3P. The SMILES string of the molecule is COP(=O)(OC)C(/C=C(\Cl)c1ccccc1)N(C)C. The first-order chi connectivity index (χ1) is 8.94. The summed E-state index contributed by atoms with van der Waals surface area (Å²) in [6.45, 7) is 0. The minimum absolute atomic E-state index is 0.508. The standard InChI is InChI=1S/C13H19ClNO3P/c1-15(2)13(19(16,17-3)18-4)10-12(14)11-8-6-5-7-9-11/h5-10,13H,1-4H3/b12-10-. The second kappa shape index (κ2) is 7.22. The van der Waals surface area contributed by atoms with E-state index in [4.69, 9.17) is 20.6 Å². The Hall–Kier alpha value is -0.640. The molecule has 4 nitrogen and oxygen atoms in total. The summed E-state index contributed by atoms with van der Waals surface area (Å²) in [5.41, 5.74) is 0.856. The number of likely N-dealkylation sites (N-methyl/N-ethyl adjacent to an activating group) is 1. The Balaban J connectivity index is 3.12. The van der Waals surface area contributed by atoms with Crippen LogP contribution in [0.4, 0.5) is 0 Å². The van der Waals surface area contributed by atoms with E-state index in [1.54, 1.807) is 25.1 Å². The van der Waals surface area contributed by atoms with Crippen molar-refractivity contribution in [3.8, 4) is 0 Å². The molecule has 1 unspecified atom stereocenters. The molecule has 0 amide bonds. The van der Waals surface area contributed by atoms with Crippen LogP contribution in [0.1, 0.15) is 5.56 Å². The fourth-order valence-electron chi connectivity index (χ4n) is 1.64. The molecule has 0 radical (unpaired) electrons. The van der Waals surface area contributed by atoms with Crippen molar-refractivity contribution in [2.45, 2.75) is 5.78 Å². The van der Waals surface area contributed by atoms with Crippen LogP contribution < -0.4 is 0 Å². The first-order valence-corrected chi connectivity index (χ1v) is 7.74. The van der Waals surface area contributed by atoms with Gasteiger partial charge < -0.3 is 9.05 Å². The average Bonchev–Trinajstić information content (AvgIpc) is 2.44. The topological polar surface area (TPSA) is 38.8 Å². The predicted molar refractivity (Wildman–Crippen MR) is 79.4 cm³/mol. The van der Waals surface area contributed by atoms with E-state index < -0.39 is 13.4 Å². The number of halogens is 1. The third-order valence-electron chi connectivity index (χ3n) is 2.71. The minimum atomic E-state index is -3.26. The molecule has 0 aromatic heterocycles. The number of benzene rings is 1. The number of hydrogen-bond acceptors (Lipinski definition) is 4. The summed E-state index contributed by atoms with van der Waals surface area (Å²) < 4.78 is 22.5. The van der Waals surface area contributed by atoms with Gasteiger partial charge in [-0.2, -0.15) is 0 Å². The Morgan fingerprint density at radius 3 is 2.21 bits per heavy atom. The van der Waals surface area contributed by atoms with E-state index >= 15 is 0 Å². The maximum Gasteiger partial charge on any atom is 0.351 e. The molecule has 1 aromatic carbocycles. The van der Waals surface area contributed by atoms with Crippen molar-refractivity contribution >= 4 is 24.2 Å². The Morgan fingerprint density at radius 2 is 1.79 bits per heavy atom. The molecule has 1 atom stereocenters. The number of hydrogen-bond donors (Lipinski definition) is 0. The van der Waals surface area contributed by atoms with Crippen LogP contribution in [-0.4, -0.2) is 39.0 Å². The van der Waals surface area contributed by atoms with Crippen LogP contribution in [0.25, 0.3) is 5.03 Å². The van der Waals surface area contributed by atoms with Crippen molar-refractivity contribution < 1.29 is 13.6 Å². The molecule has 1 aromatic rings. The zero-order valence-electron chi connectivity index (χ0n) is 11.5. The molecule has 0 aliphatic rings. The van der Waals surface area contributed by atoms with Gasteiger partial charge in [-0.3, -0.25) is 9.46 Å². The first-order valence-electron chi connectivity index (χ1n) is 5.75. The summed E-state index contributed by atoms with van der Waals surface area (Å²) in [6, 6.07) is 9.46. The van der Waals surface area contributed by atoms with Crippen LogP contribution in [-0.2, 0) is 13.6 Å². The van der Waals surface area contributed by atoms with Gasteiger partial charge in [-0.25, -0.2) is 0 Å². The fourth-order valence-corrected chi connectivity index (χ4v) is 3.45. The van der Waals surface area contributed by atoms with Gasteiger partial charge in [0.15, 0.2) is 0 Å². The van der Waals surface area contributed by atoms with Crippen molar-refractivity contribution in [3.05, 3.63) is 42.0 Å². The van der Waals surface area contributed by atoms with Crippen LogP contribution in [0.5, 0.6) is 0 Å². The molecule has 6 heteroatoms. The van der Waals surface area contributed by atoms with Gasteiger partial charge in [-0.05, 0) is 25.7 Å². The quantitative estimate of drug-likeness (QED) is 0.752. The molecule has 0 aliphatic carbocycles. The van der Waals surface area contributed by atoms with Gasteiger partial charge in [-0.15, -0.1) is 0 Å². The number of nitrogens with zero attached hydrogens (tertiary/aromatic N) is 1. The molecule has 19 heavy (non-hydrogen) atoms. The van der Waals surface area contributed by atoms with Crippen LogP contribution in [0.3, 0.4) is 0 Å². The molecule has 0 aliphatic heterocycles. The molecule has 0 bridgehead atoms. The van der Waals surface area contributed by atoms with Crippen molar-refractivity contribution in [3.63, 3.8) is 0 Å². The second-order valence-electron chi connectivity index (χ2n) is 4.16. The Labute approximate surface area is 119 Å². The van der Waals surface area contributed by atoms with Gasteiger partial charge in [0.25, 0.3) is 0 Å². The second-order valence-corrected chi connectivity index (χ2v) is 6.91. The van der Waals surface area contributed by atoms with Crippen molar-refractivity contribution in [2.24, 2.45) is 0 Å². The molecule has 0 saturated heterocycles. The van der Waals surface area contributed by atoms with Gasteiger partial charge in [0, 0.05) is 19.3 Å². The van der Waals surface area contributed by atoms with Gasteiger partial charge in [0.2, 0.25) is 0 Å². The molecule has 0 N–H and O–H groups in total. The average molecular weight is 304 g/mol. The van der Waals surface area contributed by atoms with Crippen LogP contribution in [0.2, 0.25) is 0 Å². The van der Waals surface area contributed by atoms with E-state index in [0.717, 1.165) is 5.56 Å². The maximum absolute atomic E-state index is 12.5. The first kappa shape index (κ1) is 16.4. The summed E-state index contributed by atoms with van der Waals surface area (Å²) in [5.74, 6) is -0.546. The zero-order chi connectivity index (χ0) is 14.5. The maximum atomic E-state index is 12.5. The van der Waals surface area contributed by atoms with E-state index in [1.807, 2.05) is 30.3 Å². The third-order valence-corrected chi connectivity index (χ3v) is 5.33. The molecule has 1 rings (SSSR count). The Bertz CT molecular complexity index is 468. The monoisotopic (exact) mass is 303 g/mol. The van der Waals surface area contributed by atoms with E-state index in [2.05, 4.69) is 0 Å². The highest BCUT2D eigenvalue weighted by molar-refractivity contribution is 7.54. The molecule has 0 saturated carbocycles. The highest BCUT2D eigenvalue weighted by Crippen LogP contribution is 2.53. The lowest BCUT2D eigenvalue weighted by Gasteiger charge is -2.27. The molecule has 0 spiro atoms. The van der Waals surface area contributed by atoms with Crippen LogP contribution in [0.15, 0.2) is 36.4 Å². The highest BCUT2D eigenvalue weighted by atomic mass is 35.5. The lowest BCUT2D eigenvalue weighted by molar-refractivity contribution is 0.242. The lowest BCUT2D eigenvalue weighted by Crippen LogP contribution is -2.27. The third kappa shape index (κ3) is 4.16. The molecule has 0 heterocycles. The van der Waals surface area contributed by atoms with Crippen LogP contribution >= 0.6 is 19.2 Å². The summed E-state index contributed by atoms with van der Waals surface area (Å²) in [5, 5.41) is 0.508. The van der Waals surface area contributed by atoms with E-state index in [1.165, 1.54) is 14.2 Å². The molecule has 106 valence electrons. The number of rotatable bonds is 6. The molecular weight excluding hydrogens is 285 g/mol. The van der Waals surface area contributed by atoms with Gasteiger partial charge in [0.1, 0.15) is 5.78 Å². The predicted octanol–water partition coefficient (Wildman–Crippen LogP) is 3.64. The van der Waals surface area contributed by atoms with E-state index in [-0.39, 0.29) is 0 Å². The van der Waals surface area contributed by atoms with Crippen LogP contribution in [0, 0.1) is 0 Å². The summed E-state index contributed by atoms with van der Waals surface area (Å²) in [4.78, 5) is 1.75. The van der Waals surface area contributed by atoms with Crippen molar-refractivity contribution in [2.75, 3.05) is 28.3 Å². The summed E-state index contributed by atoms with van der Waals surface area (Å²) >= 11 is 6.27. The Morgan fingerprint density at radius 1 is 1.26 bits per heavy atom. The normalized spacial score (nSPS) is 14.7. The minimum Gasteiger partial charge on any atom is -0.311 e. The lowest BCUT2D eigenvalue weighted by atomic mass is 10.2. The van der Waals surface area contributed by atoms with Gasteiger partial charge >= 0.3 is 7.60 Å². The van der Waals surface area contributed by atoms with E-state index in [9.17, 15) is 4.57 Å². The Kier molecular flexibility index (Phi) is 6.24. The van der Waals surface area contributed by atoms with E-state index in [0.29, 0.717) is 5.03 Å².